The summed E-state index contributed by atoms with van der Waals surface area (Å²) in [5.41, 5.74) is 1.99. The van der Waals surface area contributed by atoms with Gasteiger partial charge in [-0.1, -0.05) is 66.4 Å². The van der Waals surface area contributed by atoms with Crippen LogP contribution in [-0.4, -0.2) is 22.5 Å². The maximum absolute atomic E-state index is 13.7. The Balaban J connectivity index is 1.76. The van der Waals surface area contributed by atoms with E-state index in [0.717, 1.165) is 17.2 Å². The van der Waals surface area contributed by atoms with Crippen molar-refractivity contribution in [1.82, 2.24) is 4.90 Å². The number of piperidine rings is 1. The second-order valence-electron chi connectivity index (χ2n) is 9.85. The summed E-state index contributed by atoms with van der Waals surface area (Å²) in [7, 11) is 0. The summed E-state index contributed by atoms with van der Waals surface area (Å²) in [4.78, 5) is 13.6. The predicted molar refractivity (Wildman–Crippen MR) is 140 cm³/mol. The van der Waals surface area contributed by atoms with Crippen LogP contribution in [-0.2, 0) is 11.0 Å². The Morgan fingerprint density at radius 1 is 1.16 bits per heavy atom. The van der Waals surface area contributed by atoms with Crippen molar-refractivity contribution >= 4 is 5.97 Å². The van der Waals surface area contributed by atoms with E-state index < -0.39 is 23.8 Å². The highest BCUT2D eigenvalue weighted by atomic mass is 19.4. The van der Waals surface area contributed by atoms with Gasteiger partial charge in [0.25, 0.3) is 0 Å². The van der Waals surface area contributed by atoms with Crippen LogP contribution < -0.4 is 0 Å². The number of benzene rings is 2. The van der Waals surface area contributed by atoms with Crippen molar-refractivity contribution in [1.29, 1.82) is 0 Å². The SMILES string of the molecule is C=C(C)C#C[C@H](c1ccc(-c2ccccc2C(F)(F)F)o1)N1CC[C@@H](CC(=O)O)C[C@H]1c1ccc(C)cc1. The molecule has 3 atom stereocenters. The van der Waals surface area contributed by atoms with Gasteiger partial charge in [0.2, 0.25) is 0 Å². The Morgan fingerprint density at radius 3 is 2.53 bits per heavy atom. The molecule has 2 heterocycles. The molecular formula is C31H30F3NO3. The van der Waals surface area contributed by atoms with Crippen LogP contribution in [0.15, 0.2) is 77.2 Å². The zero-order valence-corrected chi connectivity index (χ0v) is 21.4. The van der Waals surface area contributed by atoms with Gasteiger partial charge in [-0.25, -0.2) is 0 Å². The highest BCUT2D eigenvalue weighted by Gasteiger charge is 2.37. The minimum absolute atomic E-state index is 0.00405. The van der Waals surface area contributed by atoms with E-state index in [9.17, 15) is 23.1 Å². The number of hydrogen-bond donors (Lipinski definition) is 1. The van der Waals surface area contributed by atoms with E-state index in [2.05, 4.69) is 23.3 Å². The molecule has 0 aliphatic carbocycles. The third-order valence-corrected chi connectivity index (χ3v) is 6.83. The van der Waals surface area contributed by atoms with Crippen molar-refractivity contribution in [3.05, 3.63) is 95.3 Å². The Bertz CT molecular complexity index is 1360. The molecule has 1 aliphatic rings. The van der Waals surface area contributed by atoms with Gasteiger partial charge in [-0.3, -0.25) is 9.69 Å². The number of allylic oxidation sites excluding steroid dienone is 1. The van der Waals surface area contributed by atoms with Crippen molar-refractivity contribution in [2.45, 2.75) is 51.4 Å². The molecule has 38 heavy (non-hydrogen) atoms. The molecule has 0 radical (unpaired) electrons. The molecule has 4 nitrogen and oxygen atoms in total. The fourth-order valence-corrected chi connectivity index (χ4v) is 5.01. The Kier molecular flexibility index (Phi) is 8.13. The summed E-state index contributed by atoms with van der Waals surface area (Å²) in [6, 6.07) is 16.0. The molecule has 0 bridgehead atoms. The normalized spacial score (nSPS) is 18.9. The zero-order chi connectivity index (χ0) is 27.4. The second-order valence-corrected chi connectivity index (χ2v) is 9.85. The molecule has 1 aromatic heterocycles. The van der Waals surface area contributed by atoms with E-state index in [1.807, 2.05) is 31.2 Å². The lowest BCUT2D eigenvalue weighted by atomic mass is 9.84. The molecule has 0 unspecified atom stereocenters. The number of furan rings is 1. The number of halogens is 3. The zero-order valence-electron chi connectivity index (χ0n) is 21.4. The van der Waals surface area contributed by atoms with Gasteiger partial charge in [0, 0.05) is 24.6 Å². The number of hydrogen-bond acceptors (Lipinski definition) is 3. The minimum Gasteiger partial charge on any atom is -0.481 e. The van der Waals surface area contributed by atoms with Gasteiger partial charge >= 0.3 is 12.1 Å². The average Bonchev–Trinajstić information content (AvgIpc) is 3.34. The largest absolute Gasteiger partial charge is 0.481 e. The summed E-state index contributed by atoms with van der Waals surface area (Å²) in [6.07, 6.45) is -3.17. The number of aryl methyl sites for hydroxylation is 1. The summed E-state index contributed by atoms with van der Waals surface area (Å²) in [5.74, 6) is 5.97. The molecule has 1 fully saturated rings. The molecule has 0 saturated carbocycles. The highest BCUT2D eigenvalue weighted by Crippen LogP contribution is 2.43. The predicted octanol–water partition coefficient (Wildman–Crippen LogP) is 7.82. The molecule has 1 aliphatic heterocycles. The smallest absolute Gasteiger partial charge is 0.417 e. The molecule has 7 heteroatoms. The van der Waals surface area contributed by atoms with Crippen LogP contribution in [0.5, 0.6) is 0 Å². The number of nitrogens with zero attached hydrogens (tertiary/aromatic N) is 1. The van der Waals surface area contributed by atoms with Gasteiger partial charge in [0.05, 0.1) is 5.56 Å². The van der Waals surface area contributed by atoms with Crippen LogP contribution in [0.25, 0.3) is 11.3 Å². The van der Waals surface area contributed by atoms with Crippen LogP contribution in [0.3, 0.4) is 0 Å². The van der Waals surface area contributed by atoms with Crippen molar-refractivity contribution in [2.75, 3.05) is 6.54 Å². The number of carboxylic acids is 1. The summed E-state index contributed by atoms with van der Waals surface area (Å²) in [6.45, 7) is 8.22. The Labute approximate surface area is 220 Å². The molecule has 0 spiro atoms. The first-order valence-electron chi connectivity index (χ1n) is 12.5. The molecule has 0 amide bonds. The van der Waals surface area contributed by atoms with Crippen molar-refractivity contribution in [2.24, 2.45) is 5.92 Å². The fraction of sp³-hybridized carbons (Fsp3) is 0.323. The van der Waals surface area contributed by atoms with Gasteiger partial charge in [-0.05, 0) is 61.9 Å². The van der Waals surface area contributed by atoms with Gasteiger partial charge in [-0.15, -0.1) is 0 Å². The monoisotopic (exact) mass is 521 g/mol. The summed E-state index contributed by atoms with van der Waals surface area (Å²) >= 11 is 0. The van der Waals surface area contributed by atoms with Crippen molar-refractivity contribution < 1.29 is 27.5 Å². The first kappa shape index (κ1) is 27.3. The minimum atomic E-state index is -4.52. The number of rotatable bonds is 6. The van der Waals surface area contributed by atoms with Crippen LogP contribution in [0.1, 0.15) is 60.7 Å². The average molecular weight is 522 g/mol. The molecule has 3 aromatic rings. The first-order valence-corrected chi connectivity index (χ1v) is 12.5. The van der Waals surface area contributed by atoms with Gasteiger partial charge in [0.1, 0.15) is 17.6 Å². The third kappa shape index (κ3) is 6.38. The molecule has 2 aromatic carbocycles. The molecule has 1 N–H and O–H groups in total. The lowest BCUT2D eigenvalue weighted by Gasteiger charge is -2.42. The van der Waals surface area contributed by atoms with Crippen LogP contribution in [0, 0.1) is 24.7 Å². The molecule has 198 valence electrons. The second kappa shape index (κ2) is 11.3. The van der Waals surface area contributed by atoms with E-state index >= 15 is 0 Å². The van der Waals surface area contributed by atoms with Gasteiger partial charge in [0.15, 0.2) is 0 Å². The summed E-state index contributed by atoms with van der Waals surface area (Å²) < 4.78 is 47.1. The quantitative estimate of drug-likeness (QED) is 0.336. The van der Waals surface area contributed by atoms with E-state index in [-0.39, 0.29) is 29.7 Å². The van der Waals surface area contributed by atoms with Crippen LogP contribution in [0.2, 0.25) is 0 Å². The van der Waals surface area contributed by atoms with Gasteiger partial charge in [-0.2, -0.15) is 13.2 Å². The van der Waals surface area contributed by atoms with E-state index in [0.29, 0.717) is 30.7 Å². The first-order chi connectivity index (χ1) is 18.0. The number of carbonyl (C=O) groups is 1. The number of alkyl halides is 3. The fourth-order valence-electron chi connectivity index (χ4n) is 5.01. The van der Waals surface area contributed by atoms with Crippen LogP contribution in [0.4, 0.5) is 13.2 Å². The topological polar surface area (TPSA) is 53.7 Å². The van der Waals surface area contributed by atoms with Crippen molar-refractivity contribution in [3.8, 4) is 23.2 Å². The maximum Gasteiger partial charge on any atom is 0.417 e. The third-order valence-electron chi connectivity index (χ3n) is 6.83. The standard InChI is InChI=1S/C31H30F3NO3/c1-20(2)8-13-26(29-15-14-28(38-29)24-6-4-5-7-25(24)31(32,33)34)35-17-16-22(19-30(36)37)18-27(35)23-11-9-21(3)10-12-23/h4-7,9-12,14-15,22,26-27H,1,16-19H2,2-3H3,(H,36,37)/t22-,26-,27+/m1/s1. The van der Waals surface area contributed by atoms with Crippen molar-refractivity contribution in [3.63, 3.8) is 0 Å². The lowest BCUT2D eigenvalue weighted by Crippen LogP contribution is -2.39. The van der Waals surface area contributed by atoms with Crippen LogP contribution >= 0.6 is 0 Å². The van der Waals surface area contributed by atoms with E-state index in [4.69, 9.17) is 4.42 Å². The Morgan fingerprint density at radius 2 is 1.87 bits per heavy atom. The summed E-state index contributed by atoms with van der Waals surface area (Å²) in [5, 5.41) is 9.41. The van der Waals surface area contributed by atoms with E-state index in [1.165, 1.54) is 12.1 Å². The molecular weight excluding hydrogens is 491 g/mol. The maximum atomic E-state index is 13.7. The van der Waals surface area contributed by atoms with Gasteiger partial charge < -0.3 is 9.52 Å². The molecule has 1 saturated heterocycles. The number of carboxylic acid groups (broad SMARTS) is 1. The molecule has 4 rings (SSSR count). The highest BCUT2D eigenvalue weighted by molar-refractivity contribution is 5.67. The lowest BCUT2D eigenvalue weighted by molar-refractivity contribution is -0.139. The van der Waals surface area contributed by atoms with E-state index in [1.54, 1.807) is 25.1 Å². The number of likely N-dealkylation sites (tertiary alicyclic amines) is 1. The Hall–Kier alpha value is -3.76. The number of aliphatic carboxylic acids is 1.